The normalized spacial score (nSPS) is 10.7. The number of hydrogen-bond donors (Lipinski definition) is 0. The summed E-state index contributed by atoms with van der Waals surface area (Å²) in [6.45, 7) is 3.62. The average molecular weight is 244 g/mol. The molecule has 0 fully saturated rings. The van der Waals surface area contributed by atoms with Crippen LogP contribution >= 0.6 is 23.2 Å². The van der Waals surface area contributed by atoms with Crippen molar-refractivity contribution in [1.29, 1.82) is 0 Å². The molecule has 0 aromatic carbocycles. The summed E-state index contributed by atoms with van der Waals surface area (Å²) in [6.07, 6.45) is 0. The number of halogens is 2. The summed E-state index contributed by atoms with van der Waals surface area (Å²) in [5.41, 5.74) is 0.578. The van der Waals surface area contributed by atoms with E-state index in [1.54, 1.807) is 17.7 Å². The van der Waals surface area contributed by atoms with Crippen LogP contribution in [0.25, 0.3) is 5.69 Å². The van der Waals surface area contributed by atoms with Crippen molar-refractivity contribution in [3.63, 3.8) is 0 Å². The average Bonchev–Trinajstić information content (AvgIpc) is 2.50. The molecule has 0 bridgehead atoms. The Bertz CT molecular complexity index is 508. The van der Waals surface area contributed by atoms with Crippen molar-refractivity contribution in [2.45, 2.75) is 13.8 Å². The Morgan fingerprint density at radius 3 is 2.53 bits per heavy atom. The van der Waals surface area contributed by atoms with Crippen LogP contribution in [0, 0.1) is 13.8 Å². The Morgan fingerprint density at radius 1 is 1.20 bits per heavy atom. The Kier molecular flexibility index (Phi) is 2.58. The number of nitrogens with zero attached hydrogens (tertiary/aromatic N) is 5. The molecular weight excluding hydrogens is 237 g/mol. The molecule has 2 aromatic heterocycles. The van der Waals surface area contributed by atoms with Gasteiger partial charge in [0.2, 0.25) is 0 Å². The van der Waals surface area contributed by atoms with Crippen molar-refractivity contribution < 1.29 is 0 Å². The first-order valence-corrected chi connectivity index (χ1v) is 4.93. The van der Waals surface area contributed by atoms with E-state index in [9.17, 15) is 0 Å². The van der Waals surface area contributed by atoms with Crippen LogP contribution in [0.5, 0.6) is 0 Å². The van der Waals surface area contributed by atoms with Crippen LogP contribution in [0.1, 0.15) is 11.6 Å². The molecule has 0 aliphatic heterocycles. The van der Waals surface area contributed by atoms with Crippen molar-refractivity contribution >= 4 is 23.2 Å². The van der Waals surface area contributed by atoms with Crippen LogP contribution in [0.15, 0.2) is 6.07 Å². The molecule has 0 N–H and O–H groups in total. The van der Waals surface area contributed by atoms with Gasteiger partial charge < -0.3 is 0 Å². The van der Waals surface area contributed by atoms with Crippen LogP contribution in [-0.4, -0.2) is 25.0 Å². The van der Waals surface area contributed by atoms with E-state index < -0.39 is 0 Å². The van der Waals surface area contributed by atoms with Gasteiger partial charge >= 0.3 is 0 Å². The minimum atomic E-state index is 0.243. The lowest BCUT2D eigenvalue weighted by Gasteiger charge is -2.03. The number of hydrogen-bond acceptors (Lipinski definition) is 4. The highest BCUT2D eigenvalue weighted by Crippen LogP contribution is 2.20. The zero-order valence-corrected chi connectivity index (χ0v) is 9.58. The van der Waals surface area contributed by atoms with Crippen molar-refractivity contribution in [3.8, 4) is 5.69 Å². The maximum Gasteiger partial charge on any atom is 0.177 e. The first-order chi connectivity index (χ1) is 7.08. The van der Waals surface area contributed by atoms with E-state index in [1.807, 2.05) is 6.92 Å². The molecule has 0 spiro atoms. The van der Waals surface area contributed by atoms with Gasteiger partial charge in [-0.2, -0.15) is 5.10 Å². The van der Waals surface area contributed by atoms with Crippen LogP contribution in [0.2, 0.25) is 10.3 Å². The number of aryl methyl sites for hydroxylation is 2. The summed E-state index contributed by atoms with van der Waals surface area (Å²) < 4.78 is 1.58. The highest BCUT2D eigenvalue weighted by Gasteiger charge is 2.11. The first-order valence-electron chi connectivity index (χ1n) is 4.17. The first kappa shape index (κ1) is 10.3. The maximum absolute atomic E-state index is 5.89. The van der Waals surface area contributed by atoms with Crippen molar-refractivity contribution in [2.75, 3.05) is 0 Å². The van der Waals surface area contributed by atoms with Gasteiger partial charge in [-0.05, 0) is 13.8 Å². The Balaban J connectivity index is 2.62. The summed E-state index contributed by atoms with van der Waals surface area (Å²) in [6, 6.07) is 1.60. The van der Waals surface area contributed by atoms with Gasteiger partial charge in [-0.25, -0.2) is 9.67 Å². The largest absolute Gasteiger partial charge is 0.217 e. The van der Waals surface area contributed by atoms with Crippen molar-refractivity contribution in [2.24, 2.45) is 0 Å². The molecule has 15 heavy (non-hydrogen) atoms. The van der Waals surface area contributed by atoms with Gasteiger partial charge in [-0.1, -0.05) is 23.2 Å². The van der Waals surface area contributed by atoms with Crippen LogP contribution < -0.4 is 0 Å². The Hall–Kier alpha value is -1.20. The van der Waals surface area contributed by atoms with Crippen LogP contribution in [0.4, 0.5) is 0 Å². The fourth-order valence-corrected chi connectivity index (χ4v) is 1.56. The molecular formula is C8H7Cl2N5. The van der Waals surface area contributed by atoms with Gasteiger partial charge in [0.1, 0.15) is 17.3 Å². The van der Waals surface area contributed by atoms with E-state index in [4.69, 9.17) is 23.2 Å². The van der Waals surface area contributed by atoms with Gasteiger partial charge in [0.25, 0.3) is 0 Å². The number of aromatic nitrogens is 5. The van der Waals surface area contributed by atoms with E-state index in [2.05, 4.69) is 20.3 Å². The molecule has 0 saturated carbocycles. The second-order valence-electron chi connectivity index (χ2n) is 2.96. The monoisotopic (exact) mass is 243 g/mol. The Labute approximate surface area is 96.1 Å². The standard InChI is InChI=1S/C8H7Cl2N5/c1-4-11-5(2)15(14-4)6-3-7(9)12-13-8(6)10/h3H,1-2H3. The third-order valence-corrected chi connectivity index (χ3v) is 2.26. The zero-order chi connectivity index (χ0) is 11.0. The highest BCUT2D eigenvalue weighted by molar-refractivity contribution is 6.32. The fourth-order valence-electron chi connectivity index (χ4n) is 1.24. The number of rotatable bonds is 1. The van der Waals surface area contributed by atoms with Crippen LogP contribution in [-0.2, 0) is 0 Å². The van der Waals surface area contributed by atoms with Gasteiger partial charge in [0.15, 0.2) is 10.3 Å². The molecule has 0 saturated heterocycles. The molecule has 2 aromatic rings. The SMILES string of the molecule is Cc1nc(C)n(-c2cc(Cl)nnc2Cl)n1. The van der Waals surface area contributed by atoms with Crippen molar-refractivity contribution in [3.05, 3.63) is 28.0 Å². The Morgan fingerprint density at radius 2 is 1.93 bits per heavy atom. The summed E-state index contributed by atoms with van der Waals surface area (Å²) in [4.78, 5) is 4.16. The zero-order valence-electron chi connectivity index (χ0n) is 8.07. The van der Waals surface area contributed by atoms with Gasteiger partial charge in [0.05, 0.1) is 0 Å². The molecule has 5 nitrogen and oxygen atoms in total. The van der Waals surface area contributed by atoms with E-state index in [1.165, 1.54) is 0 Å². The smallest absolute Gasteiger partial charge is 0.177 e. The molecule has 0 unspecified atom stereocenters. The predicted octanol–water partition coefficient (Wildman–Crippen LogP) is 1.98. The third-order valence-electron chi connectivity index (χ3n) is 1.80. The lowest BCUT2D eigenvalue weighted by molar-refractivity contribution is 0.817. The van der Waals surface area contributed by atoms with Crippen molar-refractivity contribution in [1.82, 2.24) is 25.0 Å². The molecule has 2 heterocycles. The molecule has 0 aliphatic carbocycles. The fraction of sp³-hybridized carbons (Fsp3) is 0.250. The minimum Gasteiger partial charge on any atom is -0.217 e. The van der Waals surface area contributed by atoms with Crippen LogP contribution in [0.3, 0.4) is 0 Å². The molecule has 78 valence electrons. The lowest BCUT2D eigenvalue weighted by atomic mass is 10.4. The molecule has 7 heteroatoms. The van der Waals surface area contributed by atoms with Gasteiger partial charge in [0, 0.05) is 6.07 Å². The summed E-state index contributed by atoms with van der Waals surface area (Å²) in [5, 5.41) is 12.0. The van der Waals surface area contributed by atoms with Gasteiger partial charge in [-0.15, -0.1) is 10.2 Å². The van der Waals surface area contributed by atoms with Gasteiger partial charge in [-0.3, -0.25) is 0 Å². The van der Waals surface area contributed by atoms with E-state index in [0.29, 0.717) is 11.5 Å². The molecule has 0 atom stereocenters. The summed E-state index contributed by atoms with van der Waals surface area (Å²) in [5.74, 6) is 1.38. The highest BCUT2D eigenvalue weighted by atomic mass is 35.5. The second-order valence-corrected chi connectivity index (χ2v) is 3.71. The molecule has 0 radical (unpaired) electrons. The van der Waals surface area contributed by atoms with E-state index in [-0.39, 0.29) is 10.3 Å². The topological polar surface area (TPSA) is 56.5 Å². The summed E-state index contributed by atoms with van der Waals surface area (Å²) >= 11 is 11.6. The lowest BCUT2D eigenvalue weighted by Crippen LogP contribution is -2.02. The second kappa shape index (κ2) is 3.75. The third kappa shape index (κ3) is 1.93. The summed E-state index contributed by atoms with van der Waals surface area (Å²) in [7, 11) is 0. The van der Waals surface area contributed by atoms with E-state index >= 15 is 0 Å². The molecule has 0 amide bonds. The quantitative estimate of drug-likeness (QED) is 0.769. The predicted molar refractivity (Wildman–Crippen MR) is 56.4 cm³/mol. The minimum absolute atomic E-state index is 0.243. The molecule has 0 aliphatic rings. The maximum atomic E-state index is 5.89. The van der Waals surface area contributed by atoms with E-state index in [0.717, 1.165) is 5.82 Å². The molecule has 2 rings (SSSR count).